The first-order chi connectivity index (χ1) is 13.1. The Morgan fingerprint density at radius 2 is 1.85 bits per heavy atom. The standard InChI is InChI=1S/C21H17N3O3/c1-27-17-10-8-15(9-11-17)14-24-12-4-6-18(21(24)26)20(25)23-19-7-3-2-5-16(19)13-22/h2-12H,14H2,1H3,(H,23,25). The molecule has 6 nitrogen and oxygen atoms in total. The van der Waals surface area contributed by atoms with Gasteiger partial charge in [0.2, 0.25) is 0 Å². The molecule has 0 saturated heterocycles. The van der Waals surface area contributed by atoms with Crippen molar-refractivity contribution in [2.75, 3.05) is 12.4 Å². The van der Waals surface area contributed by atoms with Crippen LogP contribution in [0.2, 0.25) is 0 Å². The van der Waals surface area contributed by atoms with Gasteiger partial charge in [0.1, 0.15) is 17.4 Å². The lowest BCUT2D eigenvalue weighted by atomic mass is 10.1. The highest BCUT2D eigenvalue weighted by atomic mass is 16.5. The van der Waals surface area contributed by atoms with E-state index in [0.717, 1.165) is 11.3 Å². The summed E-state index contributed by atoms with van der Waals surface area (Å²) >= 11 is 0. The van der Waals surface area contributed by atoms with Crippen LogP contribution in [-0.2, 0) is 6.54 Å². The van der Waals surface area contributed by atoms with Crippen LogP contribution in [0.3, 0.4) is 0 Å². The fraction of sp³-hybridized carbons (Fsp3) is 0.0952. The molecule has 134 valence electrons. The molecule has 27 heavy (non-hydrogen) atoms. The largest absolute Gasteiger partial charge is 0.497 e. The van der Waals surface area contributed by atoms with Crippen molar-refractivity contribution < 1.29 is 9.53 Å². The minimum absolute atomic E-state index is 0.0127. The lowest BCUT2D eigenvalue weighted by Crippen LogP contribution is -2.29. The van der Waals surface area contributed by atoms with Crippen LogP contribution in [0.5, 0.6) is 5.75 Å². The van der Waals surface area contributed by atoms with Gasteiger partial charge in [-0.05, 0) is 42.0 Å². The Hall–Kier alpha value is -3.85. The van der Waals surface area contributed by atoms with Gasteiger partial charge in [0.15, 0.2) is 0 Å². The number of carbonyl (C=O) groups excluding carboxylic acids is 1. The zero-order chi connectivity index (χ0) is 19.2. The van der Waals surface area contributed by atoms with E-state index in [9.17, 15) is 9.59 Å². The third-order valence-electron chi connectivity index (χ3n) is 4.07. The van der Waals surface area contributed by atoms with Gasteiger partial charge >= 0.3 is 0 Å². The van der Waals surface area contributed by atoms with Crippen molar-refractivity contribution in [3.05, 3.63) is 93.9 Å². The van der Waals surface area contributed by atoms with E-state index < -0.39 is 11.5 Å². The van der Waals surface area contributed by atoms with E-state index >= 15 is 0 Å². The maximum atomic E-state index is 12.7. The van der Waals surface area contributed by atoms with Gasteiger partial charge in [0, 0.05) is 6.20 Å². The molecular weight excluding hydrogens is 342 g/mol. The van der Waals surface area contributed by atoms with Crippen LogP contribution in [0.1, 0.15) is 21.5 Å². The lowest BCUT2D eigenvalue weighted by molar-refractivity contribution is 0.102. The molecule has 0 aliphatic rings. The number of nitriles is 1. The van der Waals surface area contributed by atoms with E-state index in [-0.39, 0.29) is 5.56 Å². The molecule has 0 spiro atoms. The van der Waals surface area contributed by atoms with E-state index in [0.29, 0.717) is 17.8 Å². The lowest BCUT2D eigenvalue weighted by Gasteiger charge is -2.10. The average molecular weight is 359 g/mol. The number of hydrogen-bond donors (Lipinski definition) is 1. The number of carbonyl (C=O) groups is 1. The van der Waals surface area contributed by atoms with E-state index in [1.54, 1.807) is 43.6 Å². The van der Waals surface area contributed by atoms with Crippen molar-refractivity contribution in [2.45, 2.75) is 6.54 Å². The molecule has 1 heterocycles. The van der Waals surface area contributed by atoms with Crippen molar-refractivity contribution in [1.82, 2.24) is 4.57 Å². The SMILES string of the molecule is COc1ccc(Cn2cccc(C(=O)Nc3ccccc3C#N)c2=O)cc1. The molecule has 1 amide bonds. The van der Waals surface area contributed by atoms with Crippen molar-refractivity contribution in [3.63, 3.8) is 0 Å². The second-order valence-electron chi connectivity index (χ2n) is 5.81. The van der Waals surface area contributed by atoms with Crippen molar-refractivity contribution in [3.8, 4) is 11.8 Å². The first kappa shape index (κ1) is 18.0. The summed E-state index contributed by atoms with van der Waals surface area (Å²) in [6.07, 6.45) is 1.63. The minimum Gasteiger partial charge on any atom is -0.497 e. The number of benzene rings is 2. The molecule has 0 radical (unpaired) electrons. The molecule has 0 aliphatic carbocycles. The maximum absolute atomic E-state index is 12.7. The second kappa shape index (κ2) is 8.02. The van der Waals surface area contributed by atoms with Gasteiger partial charge in [0.05, 0.1) is 24.9 Å². The maximum Gasteiger partial charge on any atom is 0.263 e. The Morgan fingerprint density at radius 1 is 1.11 bits per heavy atom. The van der Waals surface area contributed by atoms with Gasteiger partial charge in [-0.15, -0.1) is 0 Å². The molecule has 6 heteroatoms. The van der Waals surface area contributed by atoms with Crippen LogP contribution >= 0.6 is 0 Å². The Bertz CT molecular complexity index is 1060. The van der Waals surface area contributed by atoms with Gasteiger partial charge in [-0.3, -0.25) is 9.59 Å². The number of nitrogens with zero attached hydrogens (tertiary/aromatic N) is 2. The summed E-state index contributed by atoms with van der Waals surface area (Å²) in [5.74, 6) is 0.183. The number of anilines is 1. The summed E-state index contributed by atoms with van der Waals surface area (Å²) in [6.45, 7) is 0.332. The van der Waals surface area contributed by atoms with Gasteiger partial charge in [-0.25, -0.2) is 0 Å². The van der Waals surface area contributed by atoms with Crippen LogP contribution in [0.15, 0.2) is 71.7 Å². The summed E-state index contributed by atoms with van der Waals surface area (Å²) in [5.41, 5.74) is 1.22. The van der Waals surface area contributed by atoms with Crippen LogP contribution < -0.4 is 15.6 Å². The fourth-order valence-electron chi connectivity index (χ4n) is 2.64. The summed E-state index contributed by atoms with van der Waals surface area (Å²) in [5, 5.41) is 11.8. The summed E-state index contributed by atoms with van der Waals surface area (Å²) < 4.78 is 6.59. The number of rotatable bonds is 5. The molecule has 2 aromatic carbocycles. The van der Waals surface area contributed by atoms with Gasteiger partial charge in [-0.2, -0.15) is 5.26 Å². The number of pyridine rings is 1. The predicted molar refractivity (Wildman–Crippen MR) is 102 cm³/mol. The molecule has 1 aromatic heterocycles. The van der Waals surface area contributed by atoms with Gasteiger partial charge in [0.25, 0.3) is 11.5 Å². The summed E-state index contributed by atoms with van der Waals surface area (Å²) in [4.78, 5) is 25.2. The molecular formula is C21H17N3O3. The molecule has 3 aromatic rings. The average Bonchev–Trinajstić information content (AvgIpc) is 2.70. The third-order valence-corrected chi connectivity index (χ3v) is 4.07. The van der Waals surface area contributed by atoms with Crippen LogP contribution in [0, 0.1) is 11.3 Å². The monoisotopic (exact) mass is 359 g/mol. The topological polar surface area (TPSA) is 84.1 Å². The zero-order valence-electron chi connectivity index (χ0n) is 14.7. The van der Waals surface area contributed by atoms with E-state index in [2.05, 4.69) is 5.32 Å². The van der Waals surface area contributed by atoms with Gasteiger partial charge < -0.3 is 14.6 Å². The normalized spacial score (nSPS) is 10.1. The Balaban J connectivity index is 1.84. The highest BCUT2D eigenvalue weighted by Gasteiger charge is 2.14. The minimum atomic E-state index is -0.549. The molecule has 0 fully saturated rings. The number of methoxy groups -OCH3 is 1. The zero-order valence-corrected chi connectivity index (χ0v) is 14.7. The highest BCUT2D eigenvalue weighted by molar-refractivity contribution is 6.04. The van der Waals surface area contributed by atoms with Crippen molar-refractivity contribution in [1.29, 1.82) is 5.26 Å². The van der Waals surface area contributed by atoms with E-state index in [1.807, 2.05) is 30.3 Å². The molecule has 0 bridgehead atoms. The number of para-hydroxylation sites is 1. The Labute approximate surface area is 156 Å². The number of nitrogens with one attached hydrogen (secondary N) is 1. The molecule has 0 unspecified atom stereocenters. The number of hydrogen-bond acceptors (Lipinski definition) is 4. The smallest absolute Gasteiger partial charge is 0.263 e. The van der Waals surface area contributed by atoms with Crippen LogP contribution in [0.4, 0.5) is 5.69 Å². The quantitative estimate of drug-likeness (QED) is 0.759. The fourth-order valence-corrected chi connectivity index (χ4v) is 2.64. The van der Waals surface area contributed by atoms with Crippen molar-refractivity contribution >= 4 is 11.6 Å². The first-order valence-electron chi connectivity index (χ1n) is 8.25. The number of aromatic nitrogens is 1. The van der Waals surface area contributed by atoms with Crippen molar-refractivity contribution in [2.24, 2.45) is 0 Å². The van der Waals surface area contributed by atoms with E-state index in [4.69, 9.17) is 10.00 Å². The summed E-state index contributed by atoms with van der Waals surface area (Å²) in [7, 11) is 1.59. The first-order valence-corrected chi connectivity index (χ1v) is 8.25. The number of amides is 1. The molecule has 0 atom stereocenters. The molecule has 0 aliphatic heterocycles. The second-order valence-corrected chi connectivity index (χ2v) is 5.81. The van der Waals surface area contributed by atoms with Crippen LogP contribution in [0.25, 0.3) is 0 Å². The summed E-state index contributed by atoms with van der Waals surface area (Å²) in [6, 6.07) is 19.1. The van der Waals surface area contributed by atoms with E-state index in [1.165, 1.54) is 10.6 Å². The van der Waals surface area contributed by atoms with Gasteiger partial charge in [-0.1, -0.05) is 24.3 Å². The molecule has 0 saturated carbocycles. The highest BCUT2D eigenvalue weighted by Crippen LogP contribution is 2.15. The molecule has 1 N–H and O–H groups in total. The predicted octanol–water partition coefficient (Wildman–Crippen LogP) is 3.03. The Morgan fingerprint density at radius 3 is 2.56 bits per heavy atom. The molecule has 3 rings (SSSR count). The third kappa shape index (κ3) is 4.05. The number of ether oxygens (including phenoxy) is 1. The Kier molecular flexibility index (Phi) is 5.33. The van der Waals surface area contributed by atoms with Crippen LogP contribution in [-0.4, -0.2) is 17.6 Å².